The molecule has 1 fully saturated rings. The highest BCUT2D eigenvalue weighted by Gasteiger charge is 2.45. The summed E-state index contributed by atoms with van der Waals surface area (Å²) < 4.78 is 44.6. The lowest BCUT2D eigenvalue weighted by Gasteiger charge is -2.24. The van der Waals surface area contributed by atoms with E-state index < -0.39 is 17.8 Å². The Balaban J connectivity index is 1.51. The maximum atomic E-state index is 13.3. The molecule has 0 spiro atoms. The number of urea groups is 1. The molecule has 2 unspecified atom stereocenters. The number of hydrogen-bond donors (Lipinski definition) is 1. The summed E-state index contributed by atoms with van der Waals surface area (Å²) in [6.07, 6.45) is -0.251. The van der Waals surface area contributed by atoms with E-state index in [2.05, 4.69) is 20.3 Å². The van der Waals surface area contributed by atoms with Gasteiger partial charge in [0, 0.05) is 29.3 Å². The van der Waals surface area contributed by atoms with E-state index in [9.17, 15) is 18.0 Å². The lowest BCUT2D eigenvalue weighted by atomic mass is 9.98. The monoisotopic (exact) mass is 455 g/mol. The zero-order chi connectivity index (χ0) is 23.2. The average Bonchev–Trinajstić information content (AvgIpc) is 3.39. The average molecular weight is 455 g/mol. The predicted octanol–water partition coefficient (Wildman–Crippen LogP) is 5.25. The molecule has 2 aromatic heterocycles. The largest absolute Gasteiger partial charge is 0.467 e. The van der Waals surface area contributed by atoms with E-state index in [0.29, 0.717) is 17.1 Å². The molecule has 10 heteroatoms. The third-order valence-electron chi connectivity index (χ3n) is 6.10. The number of benzene rings is 1. The van der Waals surface area contributed by atoms with Crippen molar-refractivity contribution in [1.82, 2.24) is 15.0 Å². The summed E-state index contributed by atoms with van der Waals surface area (Å²) in [5.74, 6) is 0.899. The Morgan fingerprint density at radius 1 is 1.15 bits per heavy atom. The van der Waals surface area contributed by atoms with E-state index in [4.69, 9.17) is 4.74 Å². The van der Waals surface area contributed by atoms with Gasteiger partial charge < -0.3 is 4.74 Å². The van der Waals surface area contributed by atoms with Crippen molar-refractivity contribution in [3.8, 4) is 17.3 Å². The molecule has 1 saturated carbocycles. The normalized spacial score (nSPS) is 19.2. The minimum atomic E-state index is -4.45. The van der Waals surface area contributed by atoms with Crippen LogP contribution in [-0.4, -0.2) is 34.1 Å². The highest BCUT2D eigenvalue weighted by Crippen LogP contribution is 2.49. The van der Waals surface area contributed by atoms with Crippen LogP contribution in [0.2, 0.25) is 0 Å². The number of rotatable bonds is 3. The maximum Gasteiger partial charge on any atom is 0.416 e. The van der Waals surface area contributed by atoms with Crippen molar-refractivity contribution >= 4 is 17.7 Å². The first-order chi connectivity index (χ1) is 15.8. The van der Waals surface area contributed by atoms with Gasteiger partial charge in [-0.05, 0) is 37.1 Å². The van der Waals surface area contributed by atoms with Gasteiger partial charge >= 0.3 is 18.2 Å². The highest BCUT2D eigenvalue weighted by molar-refractivity contribution is 6.03. The van der Waals surface area contributed by atoms with Gasteiger partial charge in [0.25, 0.3) is 0 Å². The molecular formula is C23H20F3N5O2. The van der Waals surface area contributed by atoms with E-state index in [1.165, 1.54) is 19.4 Å². The first-order valence-corrected chi connectivity index (χ1v) is 10.5. The number of hydrogen-bond acceptors (Lipinski definition) is 5. The number of aromatic nitrogens is 3. The number of halogens is 3. The molecule has 3 aromatic rings. The molecule has 7 nitrogen and oxygen atoms in total. The standard InChI is InChI=1S/C23H20F3N5O2/c1-33-21-27-11-10-19(29-21)30-22(32)31-18-7-3-6-15(18)16-8-9-17(28-20(16)31)13-4-2-5-14(12-13)23(24,25)26/h2,4-5,8-12,15,18H,3,6-7H2,1H3,(H,27,29,30,32). The van der Waals surface area contributed by atoms with Crippen LogP contribution in [0.4, 0.5) is 29.6 Å². The van der Waals surface area contributed by atoms with Gasteiger partial charge in [-0.15, -0.1) is 0 Å². The highest BCUT2D eigenvalue weighted by atomic mass is 19.4. The van der Waals surface area contributed by atoms with Crippen LogP contribution in [0, 0.1) is 0 Å². The Morgan fingerprint density at radius 3 is 2.79 bits per heavy atom. The Bertz CT molecular complexity index is 1220. The smallest absolute Gasteiger partial charge is 0.416 e. The maximum absolute atomic E-state index is 13.3. The summed E-state index contributed by atoms with van der Waals surface area (Å²) in [5.41, 5.74) is 0.905. The number of pyridine rings is 1. The van der Waals surface area contributed by atoms with Gasteiger partial charge in [0.2, 0.25) is 0 Å². The Morgan fingerprint density at radius 2 is 2.00 bits per heavy atom. The fourth-order valence-corrected chi connectivity index (χ4v) is 4.65. The molecule has 170 valence electrons. The minimum Gasteiger partial charge on any atom is -0.467 e. The minimum absolute atomic E-state index is 0.0620. The van der Waals surface area contributed by atoms with Crippen LogP contribution in [0.25, 0.3) is 11.3 Å². The van der Waals surface area contributed by atoms with Crippen molar-refractivity contribution in [3.05, 3.63) is 59.8 Å². The molecule has 2 atom stereocenters. The second kappa shape index (κ2) is 8.02. The summed E-state index contributed by atoms with van der Waals surface area (Å²) in [6, 6.07) is 9.84. The van der Waals surface area contributed by atoms with Crippen molar-refractivity contribution in [1.29, 1.82) is 0 Å². The Hall–Kier alpha value is -3.69. The summed E-state index contributed by atoms with van der Waals surface area (Å²) in [6.45, 7) is 0. The second-order valence-corrected chi connectivity index (χ2v) is 8.02. The van der Waals surface area contributed by atoms with Crippen molar-refractivity contribution in [3.63, 3.8) is 0 Å². The summed E-state index contributed by atoms with van der Waals surface area (Å²) in [4.78, 5) is 27.6. The molecule has 2 amide bonds. The second-order valence-electron chi connectivity index (χ2n) is 8.02. The van der Waals surface area contributed by atoms with Crippen molar-refractivity contribution in [2.24, 2.45) is 0 Å². The van der Waals surface area contributed by atoms with Gasteiger partial charge in [-0.1, -0.05) is 24.6 Å². The van der Waals surface area contributed by atoms with Crippen LogP contribution >= 0.6 is 0 Å². The molecule has 1 N–H and O–H groups in total. The number of anilines is 2. The van der Waals surface area contributed by atoms with Gasteiger partial charge in [0.05, 0.1) is 18.4 Å². The molecule has 1 aliphatic heterocycles. The number of nitrogens with one attached hydrogen (secondary N) is 1. The van der Waals surface area contributed by atoms with Crippen LogP contribution in [0.3, 0.4) is 0 Å². The quantitative estimate of drug-likeness (QED) is 0.583. The van der Waals surface area contributed by atoms with Crippen molar-refractivity contribution in [2.45, 2.75) is 37.4 Å². The van der Waals surface area contributed by atoms with Gasteiger partial charge in [-0.3, -0.25) is 10.2 Å². The van der Waals surface area contributed by atoms with Crippen LogP contribution in [0.5, 0.6) is 6.01 Å². The third kappa shape index (κ3) is 3.85. The SMILES string of the molecule is COc1nccc(NC(=O)N2c3nc(-c4cccc(C(F)(F)F)c4)ccc3C3CCCC32)n1. The molecule has 0 radical (unpaired) electrons. The number of nitrogens with zero attached hydrogens (tertiary/aromatic N) is 4. The van der Waals surface area contributed by atoms with E-state index in [1.807, 2.05) is 6.07 Å². The third-order valence-corrected chi connectivity index (χ3v) is 6.10. The number of fused-ring (bicyclic) bond motifs is 3. The van der Waals surface area contributed by atoms with Gasteiger partial charge in [0.15, 0.2) is 0 Å². The Labute approximate surface area is 187 Å². The van der Waals surface area contributed by atoms with Crippen molar-refractivity contribution < 1.29 is 22.7 Å². The molecule has 0 bridgehead atoms. The van der Waals surface area contributed by atoms with Crippen LogP contribution < -0.4 is 15.0 Å². The first kappa shape index (κ1) is 21.2. The molecule has 33 heavy (non-hydrogen) atoms. The molecule has 5 rings (SSSR count). The van der Waals surface area contributed by atoms with E-state index in [0.717, 1.165) is 37.0 Å². The fraction of sp³-hybridized carbons (Fsp3) is 0.304. The number of carbonyl (C=O) groups is 1. The summed E-state index contributed by atoms with van der Waals surface area (Å²) in [7, 11) is 1.43. The summed E-state index contributed by atoms with van der Waals surface area (Å²) >= 11 is 0. The van der Waals surface area contributed by atoms with E-state index >= 15 is 0 Å². The number of alkyl halides is 3. The van der Waals surface area contributed by atoms with Crippen LogP contribution in [0.1, 0.15) is 36.3 Å². The van der Waals surface area contributed by atoms with Crippen LogP contribution in [0.15, 0.2) is 48.7 Å². The first-order valence-electron chi connectivity index (χ1n) is 10.5. The van der Waals surface area contributed by atoms with E-state index in [-0.39, 0.29) is 23.8 Å². The van der Waals surface area contributed by atoms with Gasteiger partial charge in [-0.25, -0.2) is 14.8 Å². The number of carbonyl (C=O) groups excluding carboxylic acids is 1. The molecule has 3 heterocycles. The molecular weight excluding hydrogens is 435 g/mol. The zero-order valence-electron chi connectivity index (χ0n) is 17.6. The zero-order valence-corrected chi connectivity index (χ0v) is 17.6. The molecule has 2 aliphatic rings. The van der Waals surface area contributed by atoms with Gasteiger partial charge in [0.1, 0.15) is 11.6 Å². The number of ether oxygens (including phenoxy) is 1. The fourth-order valence-electron chi connectivity index (χ4n) is 4.65. The Kier molecular flexibility index (Phi) is 5.15. The van der Waals surface area contributed by atoms with Gasteiger partial charge in [-0.2, -0.15) is 18.2 Å². The predicted molar refractivity (Wildman–Crippen MR) is 115 cm³/mol. The molecule has 1 aromatic carbocycles. The van der Waals surface area contributed by atoms with Crippen LogP contribution in [-0.2, 0) is 6.18 Å². The number of methoxy groups -OCH3 is 1. The topological polar surface area (TPSA) is 80.2 Å². The van der Waals surface area contributed by atoms with E-state index in [1.54, 1.807) is 23.1 Å². The lowest BCUT2D eigenvalue weighted by molar-refractivity contribution is -0.137. The molecule has 1 aliphatic carbocycles. The molecule has 0 saturated heterocycles. The summed E-state index contributed by atoms with van der Waals surface area (Å²) in [5, 5.41) is 2.77. The van der Waals surface area contributed by atoms with Crippen molar-refractivity contribution in [2.75, 3.05) is 17.3 Å². The lowest BCUT2D eigenvalue weighted by Crippen LogP contribution is -2.41. The number of amides is 2.